The van der Waals surface area contributed by atoms with Crippen molar-refractivity contribution in [3.05, 3.63) is 69.2 Å². The van der Waals surface area contributed by atoms with E-state index in [1.807, 2.05) is 25.1 Å². The number of phenolic OH excluding ortho intramolecular Hbond substituents is 1. The molecule has 3 aromatic rings. The number of aromatic nitrogens is 2. The van der Waals surface area contributed by atoms with E-state index in [9.17, 15) is 19.8 Å². The molecule has 0 radical (unpaired) electrons. The van der Waals surface area contributed by atoms with Crippen LogP contribution in [0, 0.1) is 0 Å². The molecule has 5 rings (SSSR count). The third-order valence-corrected chi connectivity index (χ3v) is 6.25. The number of fused-ring (bicyclic) bond motifs is 5. The van der Waals surface area contributed by atoms with E-state index in [2.05, 4.69) is 0 Å². The normalized spacial score (nSPS) is 17.2. The van der Waals surface area contributed by atoms with Crippen LogP contribution in [0.1, 0.15) is 35.6 Å². The van der Waals surface area contributed by atoms with Gasteiger partial charge < -0.3 is 36.7 Å². The van der Waals surface area contributed by atoms with Crippen molar-refractivity contribution in [1.29, 1.82) is 0 Å². The molecular formula is C23H27Cl2N5O5Pt. The summed E-state index contributed by atoms with van der Waals surface area (Å²) >= 11 is -0.472. The number of carbonyl (C=O) groups excluding carboxylic acids is 1. The van der Waals surface area contributed by atoms with Crippen molar-refractivity contribution in [1.82, 2.24) is 14.5 Å². The molecule has 13 heteroatoms. The van der Waals surface area contributed by atoms with E-state index >= 15 is 0 Å². The van der Waals surface area contributed by atoms with E-state index in [1.165, 1.54) is 0 Å². The Morgan fingerprint density at radius 2 is 1.89 bits per heavy atom. The van der Waals surface area contributed by atoms with Gasteiger partial charge in [0.1, 0.15) is 12.4 Å². The van der Waals surface area contributed by atoms with Gasteiger partial charge in [0, 0.05) is 28.6 Å². The summed E-state index contributed by atoms with van der Waals surface area (Å²) in [7, 11) is 13.6. The second kappa shape index (κ2) is 11.6. The number of carbonyl (C=O) groups is 1. The first-order valence-electron chi connectivity index (χ1n) is 10.4. The van der Waals surface area contributed by atoms with Gasteiger partial charge in [-0.15, -0.1) is 0 Å². The predicted molar refractivity (Wildman–Crippen MR) is 136 cm³/mol. The molecule has 2 aliphatic heterocycles. The summed E-state index contributed by atoms with van der Waals surface area (Å²) in [4.78, 5) is 32.3. The molecule has 198 valence electrons. The molecule has 0 unspecified atom stereocenters. The van der Waals surface area contributed by atoms with Crippen molar-refractivity contribution in [3.8, 4) is 17.1 Å². The number of phenols is 1. The van der Waals surface area contributed by atoms with Crippen LogP contribution in [-0.2, 0) is 51.3 Å². The smallest absolute Gasteiger partial charge is 0.693 e. The van der Waals surface area contributed by atoms with Crippen LogP contribution in [0.4, 0.5) is 0 Å². The van der Waals surface area contributed by atoms with Crippen molar-refractivity contribution >= 4 is 35.7 Å². The molecule has 4 heterocycles. The zero-order chi connectivity index (χ0) is 24.8. The molecule has 0 fully saturated rings. The minimum Gasteiger partial charge on any atom is -0.693 e. The van der Waals surface area contributed by atoms with Gasteiger partial charge in [0.15, 0.2) is 5.60 Å². The SMILES string of the molecule is CC[C@@]1(O)C(=O)OCc2c1cc1n(c2=O)Cc2cc3c(CN(C)C)c(O)ccc3nc2-1.[Cl][Pt+2][Cl].[NH2-].[NH2-]. The van der Waals surface area contributed by atoms with E-state index in [0.29, 0.717) is 41.1 Å². The van der Waals surface area contributed by atoms with Crippen LogP contribution in [0.25, 0.3) is 34.6 Å². The maximum Gasteiger partial charge on any atom is -0.693 e. The van der Waals surface area contributed by atoms with Gasteiger partial charge in [-0.05, 0) is 44.8 Å². The Morgan fingerprint density at radius 3 is 2.50 bits per heavy atom. The fourth-order valence-electron chi connectivity index (χ4n) is 4.58. The number of nitrogens with zero attached hydrogens (tertiary/aromatic N) is 3. The first-order valence-corrected chi connectivity index (χ1v) is 16.1. The molecule has 1 atom stereocenters. The predicted octanol–water partition coefficient (Wildman–Crippen LogP) is 4.66. The van der Waals surface area contributed by atoms with Crippen molar-refractivity contribution in [2.45, 2.75) is 38.6 Å². The van der Waals surface area contributed by atoms with Crippen LogP contribution >= 0.6 is 18.8 Å². The maximum absolute atomic E-state index is 13.2. The molecule has 2 aliphatic rings. The number of ether oxygens (including phenoxy) is 1. The number of aromatic hydroxyl groups is 1. The summed E-state index contributed by atoms with van der Waals surface area (Å²) < 4.78 is 6.71. The molecule has 0 saturated heterocycles. The second-order valence-corrected chi connectivity index (χ2v) is 11.8. The van der Waals surface area contributed by atoms with Crippen LogP contribution < -0.4 is 5.56 Å². The Bertz CT molecular complexity index is 1370. The molecular weight excluding hydrogens is 692 g/mol. The number of halogens is 2. The number of esters is 1. The number of benzene rings is 1. The topological polar surface area (TPSA) is 172 Å². The van der Waals surface area contributed by atoms with Crippen molar-refractivity contribution < 1.29 is 36.2 Å². The zero-order valence-corrected chi connectivity index (χ0v) is 23.6. The van der Waals surface area contributed by atoms with Crippen LogP contribution in [0.5, 0.6) is 5.75 Å². The molecule has 36 heavy (non-hydrogen) atoms. The molecule has 2 aromatic heterocycles. The second-order valence-electron chi connectivity index (χ2n) is 8.51. The minimum absolute atomic E-state index is 0. The molecule has 0 bridgehead atoms. The number of rotatable bonds is 3. The number of hydrogen-bond donors (Lipinski definition) is 2. The third-order valence-electron chi connectivity index (χ3n) is 6.25. The fraction of sp³-hybridized carbons (Fsp3) is 0.348. The van der Waals surface area contributed by atoms with Crippen LogP contribution in [0.2, 0.25) is 0 Å². The van der Waals surface area contributed by atoms with Crippen molar-refractivity contribution in [2.75, 3.05) is 14.1 Å². The molecule has 1 aromatic carbocycles. The fourth-order valence-corrected chi connectivity index (χ4v) is 4.58. The van der Waals surface area contributed by atoms with Gasteiger partial charge in [-0.3, -0.25) is 4.79 Å². The standard InChI is InChI=1S/C23H23N3O5.2ClH.2H2N.Pt/c1-4-23(30)16-8-18-20-12(9-26(18)21(28)15(16)11-31-22(23)29)7-13-14(10-25(2)3)19(27)6-5-17(13)24-20;;;;;/h5-8,27,30H,4,9-11H2,1-3H3;2*1H;2*1H2;/q;;;2*-1;+4/p-2/t23-;;;;;/m0...../s1. The first-order chi connectivity index (χ1) is 16.2. The van der Waals surface area contributed by atoms with Crippen LogP contribution in [0.15, 0.2) is 29.1 Å². The molecule has 0 spiro atoms. The third kappa shape index (κ3) is 4.91. The van der Waals surface area contributed by atoms with Gasteiger partial charge in [-0.1, -0.05) is 6.92 Å². The Kier molecular flexibility index (Phi) is 9.69. The molecule has 0 amide bonds. The van der Waals surface area contributed by atoms with Gasteiger partial charge in [0.2, 0.25) is 0 Å². The number of aliphatic hydroxyl groups is 1. The summed E-state index contributed by atoms with van der Waals surface area (Å²) in [5, 5.41) is 22.2. The van der Waals surface area contributed by atoms with E-state index in [0.717, 1.165) is 16.5 Å². The summed E-state index contributed by atoms with van der Waals surface area (Å²) in [6.07, 6.45) is 0.104. The van der Waals surface area contributed by atoms with Gasteiger partial charge >= 0.3 is 41.3 Å². The first kappa shape index (κ1) is 30.2. The maximum atomic E-state index is 13.2. The van der Waals surface area contributed by atoms with Crippen LogP contribution in [0.3, 0.4) is 0 Å². The number of hydrogen-bond acceptors (Lipinski definition) is 7. The van der Waals surface area contributed by atoms with Gasteiger partial charge in [0.05, 0.1) is 29.0 Å². The average molecular weight is 719 g/mol. The monoisotopic (exact) mass is 718 g/mol. The van der Waals surface area contributed by atoms with Crippen molar-refractivity contribution in [2.24, 2.45) is 0 Å². The van der Waals surface area contributed by atoms with E-state index in [1.54, 1.807) is 29.7 Å². The van der Waals surface area contributed by atoms with E-state index in [-0.39, 0.29) is 36.6 Å². The number of pyridine rings is 2. The Balaban J connectivity index is 0.000000871. The average Bonchev–Trinajstić information content (AvgIpc) is 3.16. The summed E-state index contributed by atoms with van der Waals surface area (Å²) in [6.45, 7) is 2.41. The zero-order valence-electron chi connectivity index (χ0n) is 19.8. The largest absolute Gasteiger partial charge is 0.693 e. The van der Waals surface area contributed by atoms with E-state index in [4.69, 9.17) is 28.6 Å². The van der Waals surface area contributed by atoms with Crippen molar-refractivity contribution in [3.63, 3.8) is 0 Å². The van der Waals surface area contributed by atoms with Gasteiger partial charge in [0.25, 0.3) is 5.56 Å². The number of nitrogens with two attached hydrogens (primary N) is 2. The molecule has 0 saturated carbocycles. The molecule has 10 nitrogen and oxygen atoms in total. The minimum atomic E-state index is -1.84. The Morgan fingerprint density at radius 1 is 1.22 bits per heavy atom. The van der Waals surface area contributed by atoms with Crippen LogP contribution in [-0.4, -0.2) is 44.7 Å². The van der Waals surface area contributed by atoms with E-state index < -0.39 is 28.1 Å². The van der Waals surface area contributed by atoms with Gasteiger partial charge in [-0.2, -0.15) is 0 Å². The summed E-state index contributed by atoms with van der Waals surface area (Å²) in [5.74, 6) is -0.532. The Labute approximate surface area is 224 Å². The molecule has 6 N–H and O–H groups in total. The summed E-state index contributed by atoms with van der Waals surface area (Å²) in [5.41, 5.74) is 2.03. The van der Waals surface area contributed by atoms with Gasteiger partial charge in [-0.25, -0.2) is 9.78 Å². The Hall–Kier alpha value is -2.04. The quantitative estimate of drug-likeness (QED) is 0.290. The number of cyclic esters (lactones) is 1. The molecule has 0 aliphatic carbocycles. The summed E-state index contributed by atoms with van der Waals surface area (Å²) in [6, 6.07) is 7.05.